The first kappa shape index (κ1) is 34.0. The first-order valence-corrected chi connectivity index (χ1v) is 13.8. The molecule has 0 unspecified atom stereocenters. The van der Waals surface area contributed by atoms with Crippen LogP contribution in [0.2, 0.25) is 0 Å². The second-order valence-electron chi connectivity index (χ2n) is 9.39. The van der Waals surface area contributed by atoms with Crippen LogP contribution >= 0.6 is 11.3 Å². The van der Waals surface area contributed by atoms with Gasteiger partial charge in [-0.05, 0) is 37.5 Å². The maximum Gasteiger partial charge on any atom is 1.00 e. The SMILES string of the molecule is CC(C)[C@H]1[C@@H](NC(=O)/C(=N\OC(C)(C)C(=O)OCc2ccc([N+](=O)[O-])cc2)c2csc(N)n2)C(=O)N1S(=O)(=O)[O-].[Na+]. The molecule has 41 heavy (non-hydrogen) atoms. The number of benzene rings is 1. The molecule has 1 aromatic heterocycles. The molecule has 0 saturated carbocycles. The third kappa shape index (κ3) is 7.98. The van der Waals surface area contributed by atoms with Crippen LogP contribution in [0.15, 0.2) is 34.8 Å². The van der Waals surface area contributed by atoms with E-state index in [4.69, 9.17) is 15.3 Å². The number of nitrogen functional groups attached to an aromatic ring is 1. The van der Waals surface area contributed by atoms with Crippen LogP contribution in [0.1, 0.15) is 39.0 Å². The topological polar surface area (TPSA) is 237 Å². The maximum atomic E-state index is 13.1. The minimum atomic E-state index is -5.10. The van der Waals surface area contributed by atoms with Gasteiger partial charge in [0.25, 0.3) is 17.5 Å². The van der Waals surface area contributed by atoms with Crippen molar-refractivity contribution in [3.8, 4) is 0 Å². The number of thiazole rings is 1. The van der Waals surface area contributed by atoms with Gasteiger partial charge in [0, 0.05) is 17.5 Å². The van der Waals surface area contributed by atoms with Gasteiger partial charge in [0.05, 0.1) is 11.0 Å². The predicted octanol–water partition coefficient (Wildman–Crippen LogP) is -2.31. The number of β-lactam (4-membered cyclic amide) rings is 1. The third-order valence-electron chi connectivity index (χ3n) is 5.66. The van der Waals surface area contributed by atoms with Gasteiger partial charge in [-0.25, -0.2) is 22.5 Å². The number of ether oxygens (including phenoxy) is 1. The number of hydrogen-bond donors (Lipinski definition) is 2. The number of nitro groups is 1. The fourth-order valence-corrected chi connectivity index (χ4v) is 5.13. The van der Waals surface area contributed by atoms with Gasteiger partial charge in [-0.2, -0.15) is 0 Å². The Bertz CT molecular complexity index is 1460. The van der Waals surface area contributed by atoms with E-state index in [9.17, 15) is 37.5 Å². The number of nitro benzene ring substituents is 1. The summed E-state index contributed by atoms with van der Waals surface area (Å²) in [4.78, 5) is 57.7. The molecule has 0 spiro atoms. The third-order valence-corrected chi connectivity index (χ3v) is 7.24. The molecular weight excluding hydrogens is 595 g/mol. The Hall–Kier alpha value is -3.16. The molecule has 1 aliphatic rings. The second-order valence-corrected chi connectivity index (χ2v) is 11.5. The van der Waals surface area contributed by atoms with Crippen molar-refractivity contribution in [1.29, 1.82) is 0 Å². The predicted molar refractivity (Wildman–Crippen MR) is 138 cm³/mol. The van der Waals surface area contributed by atoms with E-state index in [0.717, 1.165) is 11.3 Å². The first-order valence-electron chi connectivity index (χ1n) is 11.5. The van der Waals surface area contributed by atoms with Gasteiger partial charge in [0.1, 0.15) is 18.3 Å². The molecule has 16 nitrogen and oxygen atoms in total. The molecule has 0 aliphatic carbocycles. The fourth-order valence-electron chi connectivity index (χ4n) is 3.59. The van der Waals surface area contributed by atoms with E-state index in [0.29, 0.717) is 5.56 Å². The number of aromatic nitrogens is 1. The molecule has 216 valence electrons. The summed E-state index contributed by atoms with van der Waals surface area (Å²) in [6.45, 7) is 5.52. The van der Waals surface area contributed by atoms with Crippen LogP contribution in [0.3, 0.4) is 0 Å². The Morgan fingerprint density at radius 1 is 1.29 bits per heavy atom. The van der Waals surface area contributed by atoms with Crippen LogP contribution in [-0.2, 0) is 40.9 Å². The molecule has 3 N–H and O–H groups in total. The number of anilines is 1. The quantitative estimate of drug-likeness (QED) is 0.0513. The van der Waals surface area contributed by atoms with Crippen LogP contribution in [-0.4, -0.2) is 68.4 Å². The molecule has 2 aromatic rings. The summed E-state index contributed by atoms with van der Waals surface area (Å²) in [5.74, 6) is -3.53. The van der Waals surface area contributed by atoms with E-state index in [2.05, 4.69) is 15.5 Å². The van der Waals surface area contributed by atoms with Gasteiger partial charge in [-0.1, -0.05) is 19.0 Å². The van der Waals surface area contributed by atoms with E-state index in [1.165, 1.54) is 43.5 Å². The largest absolute Gasteiger partial charge is 1.00 e. The molecule has 0 radical (unpaired) electrons. The number of non-ortho nitro benzene ring substituents is 1. The Morgan fingerprint density at radius 2 is 1.90 bits per heavy atom. The molecule has 1 aliphatic heterocycles. The number of carbonyl (C=O) groups excluding carboxylic acids is 3. The normalized spacial score (nSPS) is 17.4. The standard InChI is InChI=1S/C22H26N6O10S2.Na/c1-11(2)17-16(19(30)27(17)40(34,35)36)25-18(29)15(14-10-39-21(23)24-14)26-38-22(3,4)20(31)37-9-12-5-7-13(8-6-12)28(32)33;/h5-8,10-11,16-17H,9H2,1-4H3,(H2,23,24)(H,25,29)(H,34,35,36);/q;+1/p-1/b26-15-;/t16-,17+;/m1./s1. The summed E-state index contributed by atoms with van der Waals surface area (Å²) < 4.78 is 39.9. The molecule has 1 saturated heterocycles. The Balaban J connectivity index is 0.00000588. The number of carbonyl (C=O) groups is 3. The number of nitrogens with zero attached hydrogens (tertiary/aromatic N) is 4. The zero-order valence-electron chi connectivity index (χ0n) is 22.6. The van der Waals surface area contributed by atoms with Crippen molar-refractivity contribution in [2.24, 2.45) is 11.1 Å². The molecule has 2 heterocycles. The van der Waals surface area contributed by atoms with E-state index in [-0.39, 0.29) is 57.0 Å². The van der Waals surface area contributed by atoms with Crippen LogP contribution in [0.25, 0.3) is 0 Å². The van der Waals surface area contributed by atoms with E-state index in [1.54, 1.807) is 13.8 Å². The van der Waals surface area contributed by atoms with Crippen LogP contribution in [0.4, 0.5) is 10.8 Å². The zero-order valence-corrected chi connectivity index (χ0v) is 26.2. The molecule has 1 aromatic carbocycles. The molecule has 0 bridgehead atoms. The van der Waals surface area contributed by atoms with Gasteiger partial charge in [-0.15, -0.1) is 11.3 Å². The fraction of sp³-hybridized carbons (Fsp3) is 0.409. The Morgan fingerprint density at radius 3 is 2.39 bits per heavy atom. The minimum absolute atomic E-state index is 0. The van der Waals surface area contributed by atoms with Crippen molar-refractivity contribution in [1.82, 2.24) is 14.6 Å². The summed E-state index contributed by atoms with van der Waals surface area (Å²) in [5.41, 5.74) is 3.71. The average molecular weight is 621 g/mol. The summed E-state index contributed by atoms with van der Waals surface area (Å²) in [6, 6.07) is 2.85. The van der Waals surface area contributed by atoms with Crippen molar-refractivity contribution in [3.05, 3.63) is 51.0 Å². The maximum absolute atomic E-state index is 13.1. The van der Waals surface area contributed by atoms with Crippen molar-refractivity contribution in [2.45, 2.75) is 52.0 Å². The average Bonchev–Trinajstić information content (AvgIpc) is 3.28. The van der Waals surface area contributed by atoms with Gasteiger partial charge in [-0.3, -0.25) is 19.7 Å². The Labute approximate surface area is 260 Å². The molecule has 1 fully saturated rings. The number of amides is 2. The molecule has 2 atom stereocenters. The molecule has 2 amide bonds. The number of esters is 1. The van der Waals surface area contributed by atoms with Gasteiger partial charge in [0.2, 0.25) is 5.60 Å². The van der Waals surface area contributed by atoms with Crippen molar-refractivity contribution < 1.29 is 71.4 Å². The minimum Gasteiger partial charge on any atom is -0.731 e. The van der Waals surface area contributed by atoms with Crippen LogP contribution < -0.4 is 40.6 Å². The number of rotatable bonds is 11. The number of nitrogens with two attached hydrogens (primary N) is 1. The van der Waals surface area contributed by atoms with E-state index >= 15 is 0 Å². The summed E-state index contributed by atoms with van der Waals surface area (Å²) in [6.07, 6.45) is 0. The first-order chi connectivity index (χ1) is 18.5. The summed E-state index contributed by atoms with van der Waals surface area (Å²) in [5, 5.41) is 18.3. The van der Waals surface area contributed by atoms with E-state index < -0.39 is 62.3 Å². The number of nitrogens with one attached hydrogen (secondary N) is 1. The van der Waals surface area contributed by atoms with Gasteiger partial charge in [0.15, 0.2) is 21.1 Å². The number of oxime groups is 1. The molecule has 19 heteroatoms. The zero-order chi connectivity index (χ0) is 30.0. The molecule has 3 rings (SSSR count). The van der Waals surface area contributed by atoms with Gasteiger partial charge >= 0.3 is 35.5 Å². The Kier molecular flexibility index (Phi) is 11.0. The van der Waals surface area contributed by atoms with Gasteiger partial charge < -0.3 is 25.2 Å². The summed E-state index contributed by atoms with van der Waals surface area (Å²) in [7, 11) is -5.10. The van der Waals surface area contributed by atoms with Crippen molar-refractivity contribution in [2.75, 3.05) is 5.73 Å². The van der Waals surface area contributed by atoms with Crippen molar-refractivity contribution in [3.63, 3.8) is 0 Å². The van der Waals surface area contributed by atoms with Crippen LogP contribution in [0, 0.1) is 16.0 Å². The molecular formula is C22H25N6NaO10S2. The second kappa shape index (κ2) is 13.2. The van der Waals surface area contributed by atoms with E-state index in [1.807, 2.05) is 0 Å². The summed E-state index contributed by atoms with van der Waals surface area (Å²) >= 11 is 0.967. The number of hydrogen-bond acceptors (Lipinski definition) is 14. The smallest absolute Gasteiger partial charge is 0.731 e. The van der Waals surface area contributed by atoms with Crippen LogP contribution in [0.5, 0.6) is 0 Å². The van der Waals surface area contributed by atoms with Crippen molar-refractivity contribution >= 4 is 56.0 Å². The monoisotopic (exact) mass is 620 g/mol.